The van der Waals surface area contributed by atoms with E-state index in [0.717, 1.165) is 5.56 Å². The smallest absolute Gasteiger partial charge is 0.252 e. The molecule has 1 saturated carbocycles. The number of ether oxygens (including phenoxy) is 1. The molecule has 3 rings (SSSR count). The summed E-state index contributed by atoms with van der Waals surface area (Å²) in [6.45, 7) is 1.91. The van der Waals surface area contributed by atoms with Gasteiger partial charge in [0.2, 0.25) is 5.56 Å². The van der Waals surface area contributed by atoms with E-state index in [1.165, 1.54) is 6.07 Å². The molecule has 1 amide bonds. The zero-order valence-corrected chi connectivity index (χ0v) is 14.9. The summed E-state index contributed by atoms with van der Waals surface area (Å²) in [5.74, 6) is 0.390. The Morgan fingerprint density at radius 3 is 2.81 bits per heavy atom. The fraction of sp³-hybridized carbons (Fsp3) is 0.421. The number of aromatic nitrogens is 2. The van der Waals surface area contributed by atoms with E-state index in [4.69, 9.17) is 4.74 Å². The number of methoxy groups -OCH3 is 1. The van der Waals surface area contributed by atoms with Crippen LogP contribution >= 0.6 is 0 Å². The molecule has 1 unspecified atom stereocenters. The minimum absolute atomic E-state index is 0.107. The van der Waals surface area contributed by atoms with E-state index in [9.17, 15) is 14.7 Å². The molecule has 0 bridgehead atoms. The second kappa shape index (κ2) is 7.70. The molecule has 138 valence electrons. The summed E-state index contributed by atoms with van der Waals surface area (Å²) in [6, 6.07) is 4.51. The first kappa shape index (κ1) is 18.1. The van der Waals surface area contributed by atoms with Gasteiger partial charge in [0.25, 0.3) is 5.91 Å². The van der Waals surface area contributed by atoms with Crippen LogP contribution in [0.15, 0.2) is 35.4 Å². The van der Waals surface area contributed by atoms with Gasteiger partial charge in [-0.15, -0.1) is 0 Å². The molecule has 0 aromatic carbocycles. The molecule has 1 fully saturated rings. The van der Waals surface area contributed by atoms with Crippen LogP contribution in [-0.2, 0) is 6.42 Å². The van der Waals surface area contributed by atoms with Crippen LogP contribution < -0.4 is 15.6 Å². The Kier molecular flexibility index (Phi) is 5.37. The Balaban J connectivity index is 1.87. The normalized spacial score (nSPS) is 20.1. The monoisotopic (exact) mass is 357 g/mol. The van der Waals surface area contributed by atoms with Gasteiger partial charge in [0.15, 0.2) is 0 Å². The number of hydrogen-bond donors (Lipinski definition) is 3. The molecule has 0 radical (unpaired) electrons. The fourth-order valence-corrected chi connectivity index (χ4v) is 3.24. The molecule has 1 aliphatic carbocycles. The zero-order valence-electron chi connectivity index (χ0n) is 14.9. The standard InChI is InChI=1S/C19H23N3O4/c1-3-14-4-12(8-17(24)21-14)19(25)22-18(11-5-15(23)6-11)13-7-16(26-2)10-20-9-13/h4,7-11,15,18,23H,3,5-6H2,1-2H3,(H,21,24)(H,22,25). The highest BCUT2D eigenvalue weighted by Gasteiger charge is 2.36. The number of aliphatic hydroxyl groups is 1. The summed E-state index contributed by atoms with van der Waals surface area (Å²) in [6.07, 6.45) is 4.80. The Morgan fingerprint density at radius 1 is 1.38 bits per heavy atom. The minimum Gasteiger partial charge on any atom is -0.495 e. The van der Waals surface area contributed by atoms with Crippen LogP contribution in [-0.4, -0.2) is 34.2 Å². The van der Waals surface area contributed by atoms with E-state index >= 15 is 0 Å². The lowest BCUT2D eigenvalue weighted by molar-refractivity contribution is 0.0234. The van der Waals surface area contributed by atoms with Crippen molar-refractivity contribution >= 4 is 5.91 Å². The van der Waals surface area contributed by atoms with Crippen molar-refractivity contribution in [3.8, 4) is 5.75 Å². The third-order valence-electron chi connectivity index (χ3n) is 4.78. The molecule has 1 atom stereocenters. The van der Waals surface area contributed by atoms with Gasteiger partial charge >= 0.3 is 0 Å². The first-order valence-corrected chi connectivity index (χ1v) is 8.71. The number of amides is 1. The number of hydrogen-bond acceptors (Lipinski definition) is 5. The topological polar surface area (TPSA) is 104 Å². The molecule has 3 N–H and O–H groups in total. The highest BCUT2D eigenvalue weighted by molar-refractivity contribution is 5.94. The van der Waals surface area contributed by atoms with Crippen molar-refractivity contribution < 1.29 is 14.6 Å². The average Bonchev–Trinajstić information content (AvgIpc) is 2.63. The number of nitrogens with zero attached hydrogens (tertiary/aromatic N) is 1. The molecular weight excluding hydrogens is 334 g/mol. The number of rotatable bonds is 6. The van der Waals surface area contributed by atoms with E-state index in [1.807, 2.05) is 13.0 Å². The second-order valence-electron chi connectivity index (χ2n) is 6.61. The van der Waals surface area contributed by atoms with Gasteiger partial charge in [0.1, 0.15) is 5.75 Å². The Hall–Kier alpha value is -2.67. The molecule has 0 spiro atoms. The van der Waals surface area contributed by atoms with Gasteiger partial charge in [-0.3, -0.25) is 14.6 Å². The van der Waals surface area contributed by atoms with Crippen molar-refractivity contribution in [1.29, 1.82) is 0 Å². The number of carbonyl (C=O) groups is 1. The van der Waals surface area contributed by atoms with Gasteiger partial charge < -0.3 is 20.1 Å². The van der Waals surface area contributed by atoms with Crippen molar-refractivity contribution in [3.05, 3.63) is 57.8 Å². The summed E-state index contributed by atoms with van der Waals surface area (Å²) < 4.78 is 5.22. The molecule has 26 heavy (non-hydrogen) atoms. The lowest BCUT2D eigenvalue weighted by atomic mass is 9.75. The molecule has 2 heterocycles. The van der Waals surface area contributed by atoms with Crippen molar-refractivity contribution in [3.63, 3.8) is 0 Å². The minimum atomic E-state index is -0.343. The lowest BCUT2D eigenvalue weighted by Gasteiger charge is -2.38. The maximum absolute atomic E-state index is 12.8. The Labute approximate surface area is 151 Å². The number of aromatic amines is 1. The third kappa shape index (κ3) is 3.94. The Morgan fingerprint density at radius 2 is 2.15 bits per heavy atom. The van der Waals surface area contributed by atoms with Gasteiger partial charge in [0.05, 0.1) is 25.5 Å². The average molecular weight is 357 g/mol. The summed E-state index contributed by atoms with van der Waals surface area (Å²) in [5, 5.41) is 12.7. The first-order valence-electron chi connectivity index (χ1n) is 8.71. The van der Waals surface area contributed by atoms with Crippen molar-refractivity contribution in [2.24, 2.45) is 5.92 Å². The van der Waals surface area contributed by atoms with Crippen LogP contribution in [0, 0.1) is 5.92 Å². The van der Waals surface area contributed by atoms with E-state index in [-0.39, 0.29) is 29.5 Å². The largest absolute Gasteiger partial charge is 0.495 e. The molecule has 7 nitrogen and oxygen atoms in total. The van der Waals surface area contributed by atoms with Crippen molar-refractivity contribution in [1.82, 2.24) is 15.3 Å². The molecule has 2 aromatic rings. The molecule has 0 saturated heterocycles. The lowest BCUT2D eigenvalue weighted by Crippen LogP contribution is -2.41. The molecule has 7 heteroatoms. The first-order chi connectivity index (χ1) is 12.5. The number of aliphatic hydroxyl groups excluding tert-OH is 1. The van der Waals surface area contributed by atoms with Crippen LogP contribution in [0.5, 0.6) is 5.75 Å². The summed E-state index contributed by atoms with van der Waals surface area (Å²) in [7, 11) is 1.56. The summed E-state index contributed by atoms with van der Waals surface area (Å²) >= 11 is 0. The van der Waals surface area contributed by atoms with Gasteiger partial charge in [-0.1, -0.05) is 6.92 Å². The van der Waals surface area contributed by atoms with Gasteiger partial charge in [-0.25, -0.2) is 0 Å². The quantitative estimate of drug-likeness (QED) is 0.728. The molecule has 1 aliphatic rings. The van der Waals surface area contributed by atoms with E-state index in [2.05, 4.69) is 15.3 Å². The van der Waals surface area contributed by atoms with Crippen LogP contribution in [0.25, 0.3) is 0 Å². The number of aryl methyl sites for hydroxylation is 1. The predicted molar refractivity (Wildman–Crippen MR) is 96.2 cm³/mol. The van der Waals surface area contributed by atoms with Crippen LogP contribution in [0.2, 0.25) is 0 Å². The van der Waals surface area contributed by atoms with Crippen LogP contribution in [0.3, 0.4) is 0 Å². The molecule has 0 aliphatic heterocycles. The van der Waals surface area contributed by atoms with Crippen molar-refractivity contribution in [2.75, 3.05) is 7.11 Å². The van der Waals surface area contributed by atoms with Gasteiger partial charge in [0, 0.05) is 23.5 Å². The van der Waals surface area contributed by atoms with Gasteiger partial charge in [-0.2, -0.15) is 0 Å². The summed E-state index contributed by atoms with van der Waals surface area (Å²) in [4.78, 5) is 31.4. The number of H-pyrrole nitrogens is 1. The SMILES string of the molecule is CCc1cc(C(=O)NC(c2cncc(OC)c2)C2CC(O)C2)cc(=O)[nH]1. The van der Waals surface area contributed by atoms with Gasteiger partial charge in [-0.05, 0) is 42.9 Å². The predicted octanol–water partition coefficient (Wildman–Crippen LogP) is 1.58. The molecular formula is C19H23N3O4. The zero-order chi connectivity index (χ0) is 18.7. The second-order valence-corrected chi connectivity index (χ2v) is 6.61. The van der Waals surface area contributed by atoms with E-state index in [0.29, 0.717) is 36.3 Å². The fourth-order valence-electron chi connectivity index (χ4n) is 3.24. The number of pyridine rings is 2. The maximum Gasteiger partial charge on any atom is 0.252 e. The molecule has 2 aromatic heterocycles. The van der Waals surface area contributed by atoms with Crippen LogP contribution in [0.4, 0.5) is 0 Å². The Bertz CT molecular complexity index is 843. The van der Waals surface area contributed by atoms with Crippen molar-refractivity contribution in [2.45, 2.75) is 38.3 Å². The highest BCUT2D eigenvalue weighted by Crippen LogP contribution is 2.38. The van der Waals surface area contributed by atoms with E-state index in [1.54, 1.807) is 25.6 Å². The van der Waals surface area contributed by atoms with Crippen LogP contribution in [0.1, 0.15) is 47.4 Å². The third-order valence-corrected chi connectivity index (χ3v) is 4.78. The van der Waals surface area contributed by atoms with E-state index < -0.39 is 0 Å². The number of nitrogens with one attached hydrogen (secondary N) is 2. The maximum atomic E-state index is 12.8. The summed E-state index contributed by atoms with van der Waals surface area (Å²) in [5.41, 5.74) is 1.55. The highest BCUT2D eigenvalue weighted by atomic mass is 16.5. The number of carbonyl (C=O) groups excluding carboxylic acids is 1.